The van der Waals surface area contributed by atoms with Crippen LogP contribution in [-0.2, 0) is 16.1 Å². The quantitative estimate of drug-likeness (QED) is 0.480. The van der Waals surface area contributed by atoms with Crippen LogP contribution in [0.25, 0.3) is 0 Å². The van der Waals surface area contributed by atoms with Gasteiger partial charge in [-0.05, 0) is 32.0 Å². The Morgan fingerprint density at radius 1 is 1.26 bits per heavy atom. The minimum absolute atomic E-state index is 0.0639. The molecular weight excluding hydrogens is 443 g/mol. The number of nitrogens with zero attached hydrogens (tertiary/aromatic N) is 4. The molecule has 2 aromatic rings. The number of hydrogen-bond donors (Lipinski definition) is 3. The maximum atomic E-state index is 15.1. The second-order valence-electron chi connectivity index (χ2n) is 8.21. The van der Waals surface area contributed by atoms with Crippen LogP contribution in [-0.4, -0.2) is 75.6 Å². The highest BCUT2D eigenvalue weighted by Crippen LogP contribution is 2.22. The van der Waals surface area contributed by atoms with Gasteiger partial charge in [0.25, 0.3) is 0 Å². The van der Waals surface area contributed by atoms with E-state index >= 15 is 4.39 Å². The topological polar surface area (TPSA) is 118 Å². The predicted molar refractivity (Wildman–Crippen MR) is 124 cm³/mol. The molecule has 1 fully saturated rings. The number of aryl methyl sites for hydroxylation is 1. The highest BCUT2D eigenvalue weighted by Gasteiger charge is 2.28. The number of carbonyl (C=O) groups excluding carboxylic acids is 2. The van der Waals surface area contributed by atoms with Crippen molar-refractivity contribution >= 4 is 29.8 Å². The van der Waals surface area contributed by atoms with Gasteiger partial charge < -0.3 is 15.7 Å². The first kappa shape index (κ1) is 25.1. The molecule has 0 aliphatic carbocycles. The average Bonchev–Trinajstić information content (AvgIpc) is 2.79. The van der Waals surface area contributed by atoms with Gasteiger partial charge in [0.1, 0.15) is 0 Å². The van der Waals surface area contributed by atoms with Gasteiger partial charge in [-0.2, -0.15) is 0 Å². The van der Waals surface area contributed by atoms with E-state index in [-0.39, 0.29) is 24.7 Å². The van der Waals surface area contributed by atoms with Crippen molar-refractivity contribution in [1.82, 2.24) is 19.9 Å². The van der Waals surface area contributed by atoms with E-state index in [0.717, 1.165) is 5.69 Å². The predicted octanol–water partition coefficient (Wildman–Crippen LogP) is 2.53. The fourth-order valence-corrected chi connectivity index (χ4v) is 3.87. The van der Waals surface area contributed by atoms with E-state index in [2.05, 4.69) is 20.5 Å². The summed E-state index contributed by atoms with van der Waals surface area (Å²) in [7, 11) is 0. The number of aliphatic carboxylic acids is 1. The second kappa shape index (κ2) is 11.5. The SMILES string of the molecule is Cc1ccc(NC(=O)Nc2cccc(CN3CCN(N(C=O)CCC(=O)O)[C@H](C)C3)c2F)cn1. The van der Waals surface area contributed by atoms with Crippen LogP contribution in [0.15, 0.2) is 36.5 Å². The van der Waals surface area contributed by atoms with E-state index in [0.29, 0.717) is 43.8 Å². The van der Waals surface area contributed by atoms with Crippen LogP contribution in [0, 0.1) is 12.7 Å². The lowest BCUT2D eigenvalue weighted by Crippen LogP contribution is -2.58. The van der Waals surface area contributed by atoms with Crippen molar-refractivity contribution < 1.29 is 23.9 Å². The number of aromatic nitrogens is 1. The summed E-state index contributed by atoms with van der Waals surface area (Å²) in [5.74, 6) is -1.47. The number of halogens is 1. The van der Waals surface area contributed by atoms with Crippen molar-refractivity contribution in [2.24, 2.45) is 0 Å². The Kier molecular flexibility index (Phi) is 8.50. The number of carboxylic acids is 1. The maximum Gasteiger partial charge on any atom is 0.323 e. The van der Waals surface area contributed by atoms with E-state index in [9.17, 15) is 14.4 Å². The molecule has 182 valence electrons. The summed E-state index contributed by atoms with van der Waals surface area (Å²) in [6.07, 6.45) is 2.03. The van der Waals surface area contributed by atoms with Crippen molar-refractivity contribution in [2.75, 3.05) is 36.8 Å². The zero-order valence-electron chi connectivity index (χ0n) is 19.2. The van der Waals surface area contributed by atoms with Crippen LogP contribution in [0.3, 0.4) is 0 Å². The zero-order valence-corrected chi connectivity index (χ0v) is 19.2. The van der Waals surface area contributed by atoms with Gasteiger partial charge in [0.2, 0.25) is 6.41 Å². The van der Waals surface area contributed by atoms with Crippen LogP contribution in [0.5, 0.6) is 0 Å². The number of anilines is 2. The van der Waals surface area contributed by atoms with Crippen LogP contribution < -0.4 is 10.6 Å². The maximum absolute atomic E-state index is 15.1. The first-order chi connectivity index (χ1) is 16.3. The van der Waals surface area contributed by atoms with Crippen LogP contribution in [0.1, 0.15) is 24.6 Å². The van der Waals surface area contributed by atoms with Crippen LogP contribution >= 0.6 is 0 Å². The Labute approximate surface area is 197 Å². The molecule has 0 unspecified atom stereocenters. The summed E-state index contributed by atoms with van der Waals surface area (Å²) < 4.78 is 15.1. The minimum atomic E-state index is -0.966. The van der Waals surface area contributed by atoms with Gasteiger partial charge in [-0.1, -0.05) is 12.1 Å². The Balaban J connectivity index is 1.58. The smallest absolute Gasteiger partial charge is 0.323 e. The average molecular weight is 473 g/mol. The number of rotatable bonds is 9. The number of hydrogen-bond acceptors (Lipinski definition) is 6. The Hall–Kier alpha value is -3.57. The molecule has 1 aromatic heterocycles. The number of piperazine rings is 1. The lowest BCUT2D eigenvalue weighted by molar-refractivity contribution is -0.148. The monoisotopic (exact) mass is 472 g/mol. The molecule has 2 heterocycles. The summed E-state index contributed by atoms with van der Waals surface area (Å²) in [4.78, 5) is 40.7. The van der Waals surface area contributed by atoms with Gasteiger partial charge in [-0.15, -0.1) is 0 Å². The molecule has 1 aliphatic rings. The van der Waals surface area contributed by atoms with E-state index < -0.39 is 17.8 Å². The molecule has 1 aliphatic heterocycles. The molecule has 3 amide bonds. The first-order valence-corrected chi connectivity index (χ1v) is 11.0. The van der Waals surface area contributed by atoms with Crippen molar-refractivity contribution in [3.05, 3.63) is 53.6 Å². The summed E-state index contributed by atoms with van der Waals surface area (Å²) in [6, 6.07) is 7.69. The number of carbonyl (C=O) groups is 3. The molecule has 10 nitrogen and oxygen atoms in total. The molecule has 1 saturated heterocycles. The number of amides is 3. The molecule has 3 rings (SSSR count). The van der Waals surface area contributed by atoms with Gasteiger partial charge in [-0.3, -0.25) is 24.5 Å². The lowest BCUT2D eigenvalue weighted by atomic mass is 10.1. The summed E-state index contributed by atoms with van der Waals surface area (Å²) >= 11 is 0. The summed E-state index contributed by atoms with van der Waals surface area (Å²) in [6.45, 7) is 5.85. The molecular formula is C23H29FN6O4. The highest BCUT2D eigenvalue weighted by atomic mass is 19.1. The molecule has 0 saturated carbocycles. The van der Waals surface area contributed by atoms with Crippen molar-refractivity contribution in [3.8, 4) is 0 Å². The van der Waals surface area contributed by atoms with E-state index in [1.54, 1.807) is 24.3 Å². The van der Waals surface area contributed by atoms with Crippen LogP contribution in [0.2, 0.25) is 0 Å². The van der Waals surface area contributed by atoms with Crippen molar-refractivity contribution in [2.45, 2.75) is 32.9 Å². The van der Waals surface area contributed by atoms with Gasteiger partial charge in [0.05, 0.1) is 24.0 Å². The van der Waals surface area contributed by atoms with E-state index in [1.807, 2.05) is 18.9 Å². The molecule has 1 aromatic carbocycles. The van der Waals surface area contributed by atoms with E-state index in [4.69, 9.17) is 5.11 Å². The number of carboxylic acid groups (broad SMARTS) is 1. The molecule has 11 heteroatoms. The third kappa shape index (κ3) is 6.72. The molecule has 3 N–H and O–H groups in total. The number of urea groups is 1. The van der Waals surface area contributed by atoms with Crippen LogP contribution in [0.4, 0.5) is 20.6 Å². The summed E-state index contributed by atoms with van der Waals surface area (Å²) in [5.41, 5.74) is 1.83. The lowest BCUT2D eigenvalue weighted by Gasteiger charge is -2.43. The molecule has 0 bridgehead atoms. The zero-order chi connectivity index (χ0) is 24.7. The van der Waals surface area contributed by atoms with Gasteiger partial charge in [0.15, 0.2) is 5.82 Å². The van der Waals surface area contributed by atoms with Crippen molar-refractivity contribution in [1.29, 1.82) is 0 Å². The summed E-state index contributed by atoms with van der Waals surface area (Å²) in [5, 5.41) is 17.3. The fraction of sp³-hybridized carbons (Fsp3) is 0.391. The van der Waals surface area contributed by atoms with E-state index in [1.165, 1.54) is 17.3 Å². The molecule has 1 atom stereocenters. The second-order valence-corrected chi connectivity index (χ2v) is 8.21. The number of pyridine rings is 1. The standard InChI is InChI=1S/C23H29FN6O4/c1-16-6-7-19(12-25-16)26-23(34)27-20-5-3-4-18(22(20)24)14-28-10-11-30(17(2)13-28)29(15-31)9-8-21(32)33/h3-7,12,15,17H,8-11,13-14H2,1-2H3,(H,32,33)(H2,26,27,34)/t17-/m1/s1. The molecule has 0 spiro atoms. The third-order valence-corrected chi connectivity index (χ3v) is 5.57. The Morgan fingerprint density at radius 3 is 2.71 bits per heavy atom. The van der Waals surface area contributed by atoms with Gasteiger partial charge >= 0.3 is 12.0 Å². The highest BCUT2D eigenvalue weighted by molar-refractivity contribution is 5.99. The normalized spacial score (nSPS) is 16.6. The van der Waals surface area contributed by atoms with Gasteiger partial charge in [0, 0.05) is 50.0 Å². The third-order valence-electron chi connectivity index (χ3n) is 5.57. The number of nitrogens with one attached hydrogen (secondary N) is 2. The first-order valence-electron chi connectivity index (χ1n) is 11.0. The molecule has 0 radical (unpaired) electrons. The largest absolute Gasteiger partial charge is 0.481 e. The van der Waals surface area contributed by atoms with Crippen molar-refractivity contribution in [3.63, 3.8) is 0 Å². The Morgan fingerprint density at radius 2 is 2.06 bits per heavy atom. The fourth-order valence-electron chi connectivity index (χ4n) is 3.87. The number of hydrazine groups is 1. The number of benzene rings is 1. The minimum Gasteiger partial charge on any atom is -0.481 e. The Bertz CT molecular complexity index is 1020. The van der Waals surface area contributed by atoms with Gasteiger partial charge in [-0.25, -0.2) is 14.2 Å². The molecule has 34 heavy (non-hydrogen) atoms.